The number of hydrogen-bond acceptors (Lipinski definition) is 3. The van der Waals surface area contributed by atoms with Gasteiger partial charge in [0.25, 0.3) is 0 Å². The molecule has 15 heavy (non-hydrogen) atoms. The molecular weight excluding hydrogens is 212 g/mol. The van der Waals surface area contributed by atoms with Gasteiger partial charge in [-0.1, -0.05) is 0 Å². The van der Waals surface area contributed by atoms with Gasteiger partial charge < -0.3 is 9.47 Å². The Morgan fingerprint density at radius 1 is 1.47 bits per heavy atom. The first-order valence-corrected chi connectivity index (χ1v) is 5.30. The number of rotatable bonds is 3. The van der Waals surface area contributed by atoms with Crippen LogP contribution in [0.15, 0.2) is 18.6 Å². The van der Waals surface area contributed by atoms with Gasteiger partial charge in [0, 0.05) is 32.7 Å². The third kappa shape index (κ3) is 1.77. The summed E-state index contributed by atoms with van der Waals surface area (Å²) in [6.45, 7) is 0.768. The largest absolute Gasteiger partial charge is 0.357 e. The van der Waals surface area contributed by atoms with Crippen molar-refractivity contribution in [1.29, 1.82) is 0 Å². The van der Waals surface area contributed by atoms with Crippen molar-refractivity contribution in [2.75, 3.05) is 24.4 Å². The molecule has 0 spiro atoms. The van der Waals surface area contributed by atoms with Crippen LogP contribution in [-0.2, 0) is 7.05 Å². The fourth-order valence-electron chi connectivity index (χ4n) is 1.56. The zero-order valence-electron chi connectivity index (χ0n) is 8.81. The summed E-state index contributed by atoms with van der Waals surface area (Å²) in [5.41, 5.74) is 2.01. The van der Waals surface area contributed by atoms with Gasteiger partial charge in [-0.2, -0.15) is 0 Å². The molecule has 0 bridgehead atoms. The van der Waals surface area contributed by atoms with Gasteiger partial charge in [0.1, 0.15) is 5.52 Å². The number of fused-ring (bicyclic) bond motifs is 1. The third-order valence-corrected chi connectivity index (χ3v) is 2.57. The van der Waals surface area contributed by atoms with Crippen LogP contribution in [0, 0.1) is 0 Å². The topological polar surface area (TPSA) is 34.0 Å². The first-order chi connectivity index (χ1) is 7.24. The van der Waals surface area contributed by atoms with Gasteiger partial charge in [-0.15, -0.1) is 11.6 Å². The van der Waals surface area contributed by atoms with Gasteiger partial charge >= 0.3 is 0 Å². The minimum absolute atomic E-state index is 0.585. The second-order valence-corrected chi connectivity index (χ2v) is 3.85. The number of alkyl halides is 1. The molecule has 0 N–H and O–H groups in total. The van der Waals surface area contributed by atoms with Crippen LogP contribution in [0.4, 0.5) is 5.82 Å². The molecule has 5 heteroatoms. The molecule has 0 aliphatic carbocycles. The van der Waals surface area contributed by atoms with Crippen LogP contribution >= 0.6 is 11.6 Å². The van der Waals surface area contributed by atoms with E-state index in [0.29, 0.717) is 5.88 Å². The fourth-order valence-corrected chi connectivity index (χ4v) is 1.81. The van der Waals surface area contributed by atoms with E-state index in [-0.39, 0.29) is 0 Å². The molecule has 0 atom stereocenters. The summed E-state index contributed by atoms with van der Waals surface area (Å²) in [4.78, 5) is 10.7. The smallest absolute Gasteiger partial charge is 0.156 e. The van der Waals surface area contributed by atoms with Crippen LogP contribution in [0.5, 0.6) is 0 Å². The summed E-state index contributed by atoms with van der Waals surface area (Å²) < 4.78 is 1.98. The molecule has 0 amide bonds. The number of imidazole rings is 1. The Kier molecular flexibility index (Phi) is 2.77. The van der Waals surface area contributed by atoms with E-state index >= 15 is 0 Å². The van der Waals surface area contributed by atoms with Gasteiger partial charge in [0.2, 0.25) is 0 Å². The lowest BCUT2D eigenvalue weighted by atomic mass is 10.3. The highest BCUT2D eigenvalue weighted by Gasteiger charge is 2.09. The van der Waals surface area contributed by atoms with Crippen molar-refractivity contribution < 1.29 is 0 Å². The SMILES string of the molecule is CN(CCCl)c1nccc2c1ncn2C. The molecule has 2 aromatic rings. The van der Waals surface area contributed by atoms with Crippen molar-refractivity contribution in [3.8, 4) is 0 Å². The predicted octanol–water partition coefficient (Wildman–Crippen LogP) is 1.64. The maximum Gasteiger partial charge on any atom is 0.156 e. The van der Waals surface area contributed by atoms with Crippen LogP contribution in [0.2, 0.25) is 0 Å². The molecule has 2 heterocycles. The Morgan fingerprint density at radius 2 is 2.27 bits per heavy atom. The monoisotopic (exact) mass is 224 g/mol. The fraction of sp³-hybridized carbons (Fsp3) is 0.400. The summed E-state index contributed by atoms with van der Waals surface area (Å²) in [6.07, 6.45) is 3.59. The van der Waals surface area contributed by atoms with E-state index < -0.39 is 0 Å². The van der Waals surface area contributed by atoms with E-state index in [4.69, 9.17) is 11.6 Å². The number of aromatic nitrogens is 3. The molecule has 4 nitrogen and oxygen atoms in total. The maximum atomic E-state index is 5.71. The molecule has 0 aromatic carbocycles. The highest BCUT2D eigenvalue weighted by atomic mass is 35.5. The van der Waals surface area contributed by atoms with Crippen LogP contribution < -0.4 is 4.90 Å². The Balaban J connectivity index is 2.51. The van der Waals surface area contributed by atoms with Gasteiger partial charge in [-0.05, 0) is 6.07 Å². The third-order valence-electron chi connectivity index (χ3n) is 2.41. The molecule has 0 unspecified atom stereocenters. The summed E-state index contributed by atoms with van der Waals surface area (Å²) in [5, 5.41) is 0. The van der Waals surface area contributed by atoms with Crippen LogP contribution in [0.25, 0.3) is 11.0 Å². The zero-order valence-corrected chi connectivity index (χ0v) is 9.57. The molecule has 0 saturated heterocycles. The lowest BCUT2D eigenvalue weighted by Crippen LogP contribution is -2.20. The average molecular weight is 225 g/mol. The summed E-state index contributed by atoms with van der Waals surface area (Å²) >= 11 is 5.71. The van der Waals surface area contributed by atoms with E-state index in [1.807, 2.05) is 29.6 Å². The maximum absolute atomic E-state index is 5.71. The van der Waals surface area contributed by atoms with Crippen LogP contribution in [-0.4, -0.2) is 34.0 Å². The van der Waals surface area contributed by atoms with Crippen molar-refractivity contribution in [3.05, 3.63) is 18.6 Å². The molecular formula is C10H13ClN4. The van der Waals surface area contributed by atoms with Crippen molar-refractivity contribution in [3.63, 3.8) is 0 Å². The lowest BCUT2D eigenvalue weighted by molar-refractivity contribution is 0.944. The van der Waals surface area contributed by atoms with Crippen molar-refractivity contribution in [1.82, 2.24) is 14.5 Å². The molecule has 0 radical (unpaired) electrons. The minimum Gasteiger partial charge on any atom is -0.357 e. The van der Waals surface area contributed by atoms with Crippen molar-refractivity contribution >= 4 is 28.5 Å². The molecule has 2 aromatic heterocycles. The second kappa shape index (κ2) is 4.06. The normalized spacial score (nSPS) is 10.9. The quantitative estimate of drug-likeness (QED) is 0.744. The zero-order chi connectivity index (χ0) is 10.8. The van der Waals surface area contributed by atoms with E-state index in [2.05, 4.69) is 9.97 Å². The first kappa shape index (κ1) is 10.2. The predicted molar refractivity (Wildman–Crippen MR) is 62.5 cm³/mol. The molecule has 0 saturated carbocycles. The Bertz CT molecular complexity index is 465. The highest BCUT2D eigenvalue weighted by Crippen LogP contribution is 2.21. The van der Waals surface area contributed by atoms with Gasteiger partial charge in [-0.25, -0.2) is 9.97 Å². The number of hydrogen-bond donors (Lipinski definition) is 0. The standard InChI is InChI=1S/C10H13ClN4/c1-14(6-4-11)10-9-8(3-5-12-10)15(2)7-13-9/h3,5,7H,4,6H2,1-2H3. The van der Waals surface area contributed by atoms with Gasteiger partial charge in [0.15, 0.2) is 5.82 Å². The van der Waals surface area contributed by atoms with Gasteiger partial charge in [0.05, 0.1) is 11.8 Å². The number of pyridine rings is 1. The molecule has 0 aliphatic heterocycles. The second-order valence-electron chi connectivity index (χ2n) is 3.47. The lowest BCUT2D eigenvalue weighted by Gasteiger charge is -2.16. The summed E-state index contributed by atoms with van der Waals surface area (Å²) in [5.74, 6) is 1.47. The molecule has 2 rings (SSSR count). The Morgan fingerprint density at radius 3 is 3.00 bits per heavy atom. The Labute approximate surface area is 93.5 Å². The highest BCUT2D eigenvalue weighted by molar-refractivity contribution is 6.18. The van der Waals surface area contributed by atoms with E-state index in [1.165, 1.54) is 0 Å². The van der Waals surface area contributed by atoms with Crippen molar-refractivity contribution in [2.45, 2.75) is 0 Å². The summed E-state index contributed by atoms with van der Waals surface area (Å²) in [7, 11) is 3.94. The minimum atomic E-state index is 0.585. The Hall–Kier alpha value is -1.29. The van der Waals surface area contributed by atoms with Crippen LogP contribution in [0.3, 0.4) is 0 Å². The number of nitrogens with zero attached hydrogens (tertiary/aromatic N) is 4. The van der Waals surface area contributed by atoms with Crippen molar-refractivity contribution in [2.24, 2.45) is 7.05 Å². The number of halogens is 1. The summed E-state index contributed by atoms with van der Waals surface area (Å²) in [6, 6.07) is 1.96. The average Bonchev–Trinajstić information content (AvgIpc) is 2.61. The van der Waals surface area contributed by atoms with E-state index in [9.17, 15) is 0 Å². The molecule has 0 aliphatic rings. The van der Waals surface area contributed by atoms with E-state index in [0.717, 1.165) is 23.4 Å². The first-order valence-electron chi connectivity index (χ1n) is 4.77. The number of aryl methyl sites for hydroxylation is 1. The molecule has 80 valence electrons. The van der Waals surface area contributed by atoms with Crippen LogP contribution in [0.1, 0.15) is 0 Å². The number of anilines is 1. The molecule has 0 fully saturated rings. The van der Waals surface area contributed by atoms with E-state index in [1.54, 1.807) is 12.5 Å². The van der Waals surface area contributed by atoms with Gasteiger partial charge in [-0.3, -0.25) is 0 Å².